The van der Waals surface area contributed by atoms with Gasteiger partial charge in [-0.3, -0.25) is 0 Å². The molecule has 1 fully saturated rings. The van der Waals surface area contributed by atoms with Crippen molar-refractivity contribution < 1.29 is 19.4 Å². The maximum absolute atomic E-state index is 12.5. The zero-order valence-electron chi connectivity index (χ0n) is 27.8. The lowest BCUT2D eigenvalue weighted by molar-refractivity contribution is -0.245. The first-order chi connectivity index (χ1) is 25.1. The Morgan fingerprint density at radius 3 is 2.20 bits per heavy atom. The molecule has 0 spiro atoms. The summed E-state index contributed by atoms with van der Waals surface area (Å²) >= 11 is 1.54. The number of benzene rings is 5. The van der Waals surface area contributed by atoms with Gasteiger partial charge in [0.05, 0.1) is 24.5 Å². The van der Waals surface area contributed by atoms with Crippen LogP contribution in [0, 0.1) is 0 Å². The van der Waals surface area contributed by atoms with Gasteiger partial charge in [0.2, 0.25) is 5.16 Å². The van der Waals surface area contributed by atoms with Crippen LogP contribution in [0.5, 0.6) is 0 Å². The normalized spacial score (nSPS) is 17.2. The van der Waals surface area contributed by atoms with E-state index in [0.29, 0.717) is 30.4 Å². The highest BCUT2D eigenvalue weighted by molar-refractivity contribution is 7.99. The number of carbonyl (C=O) groups excluding carboxylic acids is 1. The third kappa shape index (κ3) is 8.89. The van der Waals surface area contributed by atoms with E-state index in [9.17, 15) is 9.90 Å². The number of rotatable bonds is 12. The lowest BCUT2D eigenvalue weighted by Gasteiger charge is -2.36. The van der Waals surface area contributed by atoms with Crippen molar-refractivity contribution in [3.8, 4) is 16.8 Å². The number of aliphatic hydroxyl groups excluding tert-OH is 1. The largest absolute Gasteiger partial charge is 0.392 e. The van der Waals surface area contributed by atoms with Gasteiger partial charge < -0.3 is 25.2 Å². The van der Waals surface area contributed by atoms with Crippen LogP contribution in [0.2, 0.25) is 0 Å². The number of hydrogen-bond acceptors (Lipinski definition) is 8. The van der Waals surface area contributed by atoms with Gasteiger partial charge >= 0.3 is 6.03 Å². The number of nitrogens with one attached hydrogen (secondary N) is 2. The molecule has 1 aliphatic heterocycles. The van der Waals surface area contributed by atoms with Crippen molar-refractivity contribution in [3.63, 3.8) is 0 Å². The summed E-state index contributed by atoms with van der Waals surface area (Å²) in [6.45, 7) is 0.844. The van der Waals surface area contributed by atoms with Gasteiger partial charge in [-0.05, 0) is 68.1 Å². The highest BCUT2D eigenvalue weighted by Gasteiger charge is 2.33. The topological polar surface area (TPSA) is 123 Å². The lowest BCUT2D eigenvalue weighted by Crippen LogP contribution is -2.34. The van der Waals surface area contributed by atoms with Crippen LogP contribution in [0.3, 0.4) is 0 Å². The molecule has 11 heteroatoms. The highest BCUT2D eigenvalue weighted by Crippen LogP contribution is 2.40. The number of amides is 2. The zero-order chi connectivity index (χ0) is 34.8. The van der Waals surface area contributed by atoms with Crippen molar-refractivity contribution in [1.29, 1.82) is 0 Å². The van der Waals surface area contributed by atoms with Gasteiger partial charge in [-0.1, -0.05) is 121 Å². The molecule has 258 valence electrons. The number of ether oxygens (including phenoxy) is 2. The van der Waals surface area contributed by atoms with Gasteiger partial charge in [-0.25, -0.2) is 4.79 Å². The predicted octanol–water partition coefficient (Wildman–Crippen LogP) is 7.16. The van der Waals surface area contributed by atoms with E-state index >= 15 is 0 Å². The van der Waals surface area contributed by atoms with Crippen LogP contribution in [0.1, 0.15) is 46.6 Å². The SMILES string of the molecule is O=C(NCc1ccccc1)NCc1cccc(-c2cccc(C3OC(CSc4nnnn4-c4ccccc4)CC(c4ccc(CO)cc4)O3)c2)c1. The van der Waals surface area contributed by atoms with Gasteiger partial charge in [0.15, 0.2) is 6.29 Å². The zero-order valence-corrected chi connectivity index (χ0v) is 28.7. The van der Waals surface area contributed by atoms with Crippen molar-refractivity contribution in [3.05, 3.63) is 161 Å². The Hall–Kier alpha value is -5.33. The van der Waals surface area contributed by atoms with Gasteiger partial charge in [-0.2, -0.15) is 4.68 Å². The highest BCUT2D eigenvalue weighted by atomic mass is 32.2. The Labute approximate surface area is 300 Å². The summed E-state index contributed by atoms with van der Waals surface area (Å²) in [6.07, 6.45) is -0.362. The van der Waals surface area contributed by atoms with Gasteiger partial charge in [-0.15, -0.1) is 5.10 Å². The Bertz CT molecular complexity index is 2030. The minimum absolute atomic E-state index is 0.0154. The third-order valence-electron chi connectivity index (χ3n) is 8.62. The van der Waals surface area contributed by atoms with Crippen molar-refractivity contribution in [1.82, 2.24) is 30.8 Å². The summed E-state index contributed by atoms with van der Waals surface area (Å²) in [7, 11) is 0. The van der Waals surface area contributed by atoms with E-state index in [4.69, 9.17) is 9.47 Å². The Morgan fingerprint density at radius 1 is 0.745 bits per heavy atom. The first-order valence-corrected chi connectivity index (χ1v) is 17.8. The molecule has 2 heterocycles. The third-order valence-corrected chi connectivity index (χ3v) is 9.67. The average molecular weight is 699 g/mol. The van der Waals surface area contributed by atoms with Crippen molar-refractivity contribution in [2.75, 3.05) is 5.75 Å². The van der Waals surface area contributed by atoms with E-state index in [1.165, 1.54) is 0 Å². The molecule has 3 unspecified atom stereocenters. The van der Waals surface area contributed by atoms with Crippen molar-refractivity contribution in [2.24, 2.45) is 0 Å². The molecule has 2 amide bonds. The number of urea groups is 1. The van der Waals surface area contributed by atoms with E-state index in [1.807, 2.05) is 109 Å². The molecule has 7 rings (SSSR count). The quantitative estimate of drug-likeness (QED) is 0.115. The van der Waals surface area contributed by atoms with E-state index in [1.54, 1.807) is 16.4 Å². The molecular formula is C40H38N6O4S. The van der Waals surface area contributed by atoms with Crippen LogP contribution in [-0.2, 0) is 29.2 Å². The summed E-state index contributed by atoms with van der Waals surface area (Å²) in [5, 5.41) is 28.5. The number of aromatic nitrogens is 4. The molecule has 0 aliphatic carbocycles. The molecule has 5 aromatic carbocycles. The summed E-state index contributed by atoms with van der Waals surface area (Å²) in [6, 6.07) is 43.6. The smallest absolute Gasteiger partial charge is 0.315 e. The number of thioether (sulfide) groups is 1. The number of nitrogens with zero attached hydrogens (tertiary/aromatic N) is 4. The number of carbonyl (C=O) groups is 1. The Kier molecular flexibility index (Phi) is 11.1. The molecule has 3 atom stereocenters. The minimum atomic E-state index is -0.616. The maximum Gasteiger partial charge on any atom is 0.315 e. The van der Waals surface area contributed by atoms with Gasteiger partial charge in [0, 0.05) is 30.8 Å². The maximum atomic E-state index is 12.5. The van der Waals surface area contributed by atoms with Crippen LogP contribution >= 0.6 is 11.8 Å². The molecular weight excluding hydrogens is 661 g/mol. The first-order valence-electron chi connectivity index (χ1n) is 16.8. The molecule has 1 saturated heterocycles. The molecule has 0 saturated carbocycles. The summed E-state index contributed by atoms with van der Waals surface area (Å²) in [5.74, 6) is 0.617. The summed E-state index contributed by atoms with van der Waals surface area (Å²) in [4.78, 5) is 12.5. The monoisotopic (exact) mass is 698 g/mol. The van der Waals surface area contributed by atoms with Crippen LogP contribution in [-0.4, -0.2) is 43.2 Å². The van der Waals surface area contributed by atoms with Crippen LogP contribution in [0.25, 0.3) is 16.8 Å². The molecule has 0 bridgehead atoms. The summed E-state index contributed by atoms with van der Waals surface area (Å²) in [5.41, 5.74) is 7.72. The minimum Gasteiger partial charge on any atom is -0.392 e. The van der Waals surface area contributed by atoms with E-state index in [0.717, 1.165) is 44.6 Å². The second-order valence-corrected chi connectivity index (χ2v) is 13.2. The Morgan fingerprint density at radius 2 is 1.43 bits per heavy atom. The van der Waals surface area contributed by atoms with Gasteiger partial charge in [0.25, 0.3) is 0 Å². The van der Waals surface area contributed by atoms with Crippen LogP contribution in [0.4, 0.5) is 4.79 Å². The van der Waals surface area contributed by atoms with Crippen molar-refractivity contribution in [2.45, 2.75) is 49.8 Å². The average Bonchev–Trinajstić information content (AvgIpc) is 3.68. The fraction of sp³-hybridized carbons (Fsp3) is 0.200. The van der Waals surface area contributed by atoms with Crippen molar-refractivity contribution >= 4 is 17.8 Å². The standard InChI is InChI=1S/C40H38N6O4S/c47-26-29-17-19-31(20-18-29)37-23-36(27-51-40-43-44-45-46(40)35-15-5-2-6-16-35)49-38(50-37)34-14-8-13-33(22-34)32-12-7-11-30(21-32)25-42-39(48)41-24-28-9-3-1-4-10-28/h1-22,36-38,47H,23-27H2,(H2,41,42,48). The van der Waals surface area contributed by atoms with Gasteiger partial charge in [0.1, 0.15) is 0 Å². The van der Waals surface area contributed by atoms with Crippen LogP contribution in [0.15, 0.2) is 139 Å². The predicted molar refractivity (Wildman–Crippen MR) is 196 cm³/mol. The second-order valence-electron chi connectivity index (χ2n) is 12.2. The number of para-hydroxylation sites is 1. The number of aliphatic hydroxyl groups is 1. The lowest BCUT2D eigenvalue weighted by atomic mass is 9.99. The second kappa shape index (κ2) is 16.6. The fourth-order valence-corrected chi connectivity index (χ4v) is 6.85. The Balaban J connectivity index is 1.06. The molecule has 1 aliphatic rings. The van der Waals surface area contributed by atoms with Crippen LogP contribution < -0.4 is 10.6 Å². The number of hydrogen-bond donors (Lipinski definition) is 3. The first kappa shape index (κ1) is 34.1. The van der Waals surface area contributed by atoms with E-state index in [-0.39, 0.29) is 24.8 Å². The molecule has 3 N–H and O–H groups in total. The van der Waals surface area contributed by atoms with E-state index < -0.39 is 6.29 Å². The molecule has 51 heavy (non-hydrogen) atoms. The molecule has 10 nitrogen and oxygen atoms in total. The molecule has 6 aromatic rings. The fourth-order valence-electron chi connectivity index (χ4n) is 5.94. The summed E-state index contributed by atoms with van der Waals surface area (Å²) < 4.78 is 15.0. The molecule has 0 radical (unpaired) electrons. The number of tetrazole rings is 1. The van der Waals surface area contributed by atoms with E-state index in [2.05, 4.69) is 50.4 Å². The molecule has 1 aromatic heterocycles.